The molecule has 0 radical (unpaired) electrons. The summed E-state index contributed by atoms with van der Waals surface area (Å²) in [5.74, 6) is 0.504. The van der Waals surface area contributed by atoms with Crippen LogP contribution in [0.25, 0.3) is 0 Å². The van der Waals surface area contributed by atoms with Crippen molar-refractivity contribution in [2.45, 2.75) is 27.2 Å². The van der Waals surface area contributed by atoms with Gasteiger partial charge in [0.25, 0.3) is 5.91 Å². The Morgan fingerprint density at radius 3 is 2.67 bits per heavy atom. The van der Waals surface area contributed by atoms with Gasteiger partial charge in [-0.3, -0.25) is 4.79 Å². The SMILES string of the molecule is CCC(C)CN(CC)C(=O)c1cccc(Br)c1Cl. The Morgan fingerprint density at radius 2 is 2.11 bits per heavy atom. The smallest absolute Gasteiger partial charge is 0.255 e. The molecule has 0 bridgehead atoms. The number of halogens is 2. The zero-order valence-corrected chi connectivity index (χ0v) is 13.4. The molecule has 0 spiro atoms. The monoisotopic (exact) mass is 331 g/mol. The third-order valence-corrected chi connectivity index (χ3v) is 4.38. The van der Waals surface area contributed by atoms with Crippen LogP contribution >= 0.6 is 27.5 Å². The van der Waals surface area contributed by atoms with E-state index in [1.165, 1.54) is 0 Å². The first kappa shape index (κ1) is 15.5. The molecular formula is C14H19BrClNO. The fourth-order valence-electron chi connectivity index (χ4n) is 1.70. The van der Waals surface area contributed by atoms with Gasteiger partial charge in [0.1, 0.15) is 0 Å². The van der Waals surface area contributed by atoms with Gasteiger partial charge in [-0.15, -0.1) is 0 Å². The number of amides is 1. The molecule has 0 aliphatic carbocycles. The Kier molecular flexibility index (Phi) is 6.16. The average molecular weight is 333 g/mol. The second kappa shape index (κ2) is 7.15. The molecular weight excluding hydrogens is 314 g/mol. The molecule has 0 N–H and O–H groups in total. The Hall–Kier alpha value is -0.540. The Balaban J connectivity index is 2.93. The van der Waals surface area contributed by atoms with Crippen molar-refractivity contribution in [1.82, 2.24) is 4.90 Å². The molecule has 100 valence electrons. The second-order valence-corrected chi connectivity index (χ2v) is 5.69. The van der Waals surface area contributed by atoms with Crippen LogP contribution in [0.5, 0.6) is 0 Å². The third kappa shape index (κ3) is 3.72. The lowest BCUT2D eigenvalue weighted by Crippen LogP contribution is -2.34. The van der Waals surface area contributed by atoms with E-state index < -0.39 is 0 Å². The van der Waals surface area contributed by atoms with Crippen molar-refractivity contribution < 1.29 is 4.79 Å². The van der Waals surface area contributed by atoms with Gasteiger partial charge >= 0.3 is 0 Å². The van der Waals surface area contributed by atoms with Crippen molar-refractivity contribution in [3.05, 3.63) is 33.3 Å². The fourth-order valence-corrected chi connectivity index (χ4v) is 2.27. The van der Waals surface area contributed by atoms with Crippen LogP contribution in [0.3, 0.4) is 0 Å². The van der Waals surface area contributed by atoms with E-state index in [0.717, 1.165) is 17.4 Å². The molecule has 0 aromatic heterocycles. The molecule has 2 nitrogen and oxygen atoms in total. The molecule has 1 rings (SSSR count). The molecule has 1 atom stereocenters. The van der Waals surface area contributed by atoms with Crippen molar-refractivity contribution in [3.63, 3.8) is 0 Å². The largest absolute Gasteiger partial charge is 0.339 e. The van der Waals surface area contributed by atoms with Gasteiger partial charge in [0.15, 0.2) is 0 Å². The first-order valence-corrected chi connectivity index (χ1v) is 7.41. The van der Waals surface area contributed by atoms with Crippen molar-refractivity contribution in [1.29, 1.82) is 0 Å². The van der Waals surface area contributed by atoms with Gasteiger partial charge in [0.05, 0.1) is 10.6 Å². The molecule has 1 unspecified atom stereocenters. The highest BCUT2D eigenvalue weighted by Gasteiger charge is 2.19. The van der Waals surface area contributed by atoms with Crippen molar-refractivity contribution in [3.8, 4) is 0 Å². The van der Waals surface area contributed by atoms with Gasteiger partial charge in [-0.1, -0.05) is 37.9 Å². The summed E-state index contributed by atoms with van der Waals surface area (Å²) in [7, 11) is 0. The quantitative estimate of drug-likeness (QED) is 0.771. The first-order chi connectivity index (χ1) is 8.51. The van der Waals surface area contributed by atoms with Crippen molar-refractivity contribution in [2.75, 3.05) is 13.1 Å². The van der Waals surface area contributed by atoms with E-state index in [4.69, 9.17) is 11.6 Å². The molecule has 18 heavy (non-hydrogen) atoms. The summed E-state index contributed by atoms with van der Waals surface area (Å²) in [5.41, 5.74) is 0.566. The van der Waals surface area contributed by atoms with Gasteiger partial charge in [-0.2, -0.15) is 0 Å². The van der Waals surface area contributed by atoms with E-state index in [2.05, 4.69) is 29.8 Å². The third-order valence-electron chi connectivity index (χ3n) is 3.08. The van der Waals surface area contributed by atoms with E-state index in [1.54, 1.807) is 6.07 Å². The summed E-state index contributed by atoms with van der Waals surface area (Å²) in [6.07, 6.45) is 1.07. The van der Waals surface area contributed by atoms with Gasteiger partial charge in [-0.25, -0.2) is 0 Å². The van der Waals surface area contributed by atoms with Crippen LogP contribution in [0.1, 0.15) is 37.6 Å². The predicted molar refractivity (Wildman–Crippen MR) is 80.2 cm³/mol. The number of rotatable bonds is 5. The standard InChI is InChI=1S/C14H19BrClNO/c1-4-10(3)9-17(5-2)14(18)11-7-6-8-12(15)13(11)16/h6-8,10H,4-5,9H2,1-3H3. The van der Waals surface area contributed by atoms with Crippen LogP contribution in [-0.2, 0) is 0 Å². The van der Waals surface area contributed by atoms with E-state index in [1.807, 2.05) is 24.0 Å². The van der Waals surface area contributed by atoms with E-state index in [-0.39, 0.29) is 5.91 Å². The molecule has 0 saturated heterocycles. The number of benzene rings is 1. The maximum absolute atomic E-state index is 12.4. The summed E-state index contributed by atoms with van der Waals surface area (Å²) in [4.78, 5) is 14.3. The Bertz CT molecular complexity index is 422. The van der Waals surface area contributed by atoms with E-state index in [9.17, 15) is 4.79 Å². The summed E-state index contributed by atoms with van der Waals surface area (Å²) in [6.45, 7) is 7.75. The number of nitrogens with zero attached hydrogens (tertiary/aromatic N) is 1. The summed E-state index contributed by atoms with van der Waals surface area (Å²) in [5, 5.41) is 0.491. The van der Waals surface area contributed by atoms with Gasteiger partial charge in [0, 0.05) is 17.6 Å². The van der Waals surface area contributed by atoms with E-state index in [0.29, 0.717) is 23.0 Å². The normalized spacial score (nSPS) is 12.3. The highest BCUT2D eigenvalue weighted by molar-refractivity contribution is 9.10. The predicted octanol–water partition coefficient (Wildman–Crippen LogP) is 4.61. The van der Waals surface area contributed by atoms with E-state index >= 15 is 0 Å². The minimum atomic E-state index is 0.00380. The molecule has 0 aliphatic heterocycles. The lowest BCUT2D eigenvalue weighted by Gasteiger charge is -2.24. The zero-order valence-electron chi connectivity index (χ0n) is 11.0. The molecule has 0 saturated carbocycles. The highest BCUT2D eigenvalue weighted by Crippen LogP contribution is 2.27. The van der Waals surface area contributed by atoms with Crippen molar-refractivity contribution in [2.24, 2.45) is 5.92 Å². The fraction of sp³-hybridized carbons (Fsp3) is 0.500. The minimum absolute atomic E-state index is 0.00380. The lowest BCUT2D eigenvalue weighted by molar-refractivity contribution is 0.0741. The van der Waals surface area contributed by atoms with Crippen LogP contribution in [0.4, 0.5) is 0 Å². The maximum atomic E-state index is 12.4. The summed E-state index contributed by atoms with van der Waals surface area (Å²) < 4.78 is 0.759. The van der Waals surface area contributed by atoms with Crippen LogP contribution in [0.2, 0.25) is 5.02 Å². The van der Waals surface area contributed by atoms with Crippen LogP contribution in [0.15, 0.2) is 22.7 Å². The van der Waals surface area contributed by atoms with Crippen LogP contribution in [0, 0.1) is 5.92 Å². The second-order valence-electron chi connectivity index (χ2n) is 4.46. The van der Waals surface area contributed by atoms with Crippen LogP contribution < -0.4 is 0 Å². The molecule has 1 aromatic carbocycles. The molecule has 4 heteroatoms. The molecule has 0 heterocycles. The van der Waals surface area contributed by atoms with Gasteiger partial charge in [-0.05, 0) is 40.9 Å². The molecule has 1 aromatic rings. The highest BCUT2D eigenvalue weighted by atomic mass is 79.9. The average Bonchev–Trinajstić information content (AvgIpc) is 2.38. The lowest BCUT2D eigenvalue weighted by atomic mass is 10.1. The molecule has 1 amide bonds. The summed E-state index contributed by atoms with van der Waals surface area (Å²) >= 11 is 9.51. The first-order valence-electron chi connectivity index (χ1n) is 6.24. The number of carbonyl (C=O) groups excluding carboxylic acids is 1. The Morgan fingerprint density at radius 1 is 1.44 bits per heavy atom. The number of carbonyl (C=O) groups is 1. The Labute approximate surface area is 122 Å². The molecule has 0 aliphatic rings. The topological polar surface area (TPSA) is 20.3 Å². The summed E-state index contributed by atoms with van der Waals surface area (Å²) in [6, 6.07) is 5.44. The number of hydrogen-bond acceptors (Lipinski definition) is 1. The minimum Gasteiger partial charge on any atom is -0.339 e. The van der Waals surface area contributed by atoms with Gasteiger partial charge < -0.3 is 4.90 Å². The van der Waals surface area contributed by atoms with Crippen LogP contribution in [-0.4, -0.2) is 23.9 Å². The van der Waals surface area contributed by atoms with Gasteiger partial charge in [0.2, 0.25) is 0 Å². The number of hydrogen-bond donors (Lipinski definition) is 0. The van der Waals surface area contributed by atoms with Crippen molar-refractivity contribution >= 4 is 33.4 Å². The molecule has 0 fully saturated rings. The zero-order chi connectivity index (χ0) is 13.7. The maximum Gasteiger partial charge on any atom is 0.255 e.